The third kappa shape index (κ3) is 3.76. The van der Waals surface area contributed by atoms with Gasteiger partial charge in [0.2, 0.25) is 12.3 Å². The first kappa shape index (κ1) is 16.6. The van der Waals surface area contributed by atoms with Gasteiger partial charge < -0.3 is 0 Å². The lowest BCUT2D eigenvalue weighted by molar-refractivity contribution is -0.683. The van der Waals surface area contributed by atoms with Crippen LogP contribution in [-0.4, -0.2) is 5.78 Å². The van der Waals surface area contributed by atoms with Crippen LogP contribution in [0, 0.1) is 27.7 Å². The summed E-state index contributed by atoms with van der Waals surface area (Å²) in [5.41, 5.74) is 5.36. The first-order valence-corrected chi connectivity index (χ1v) is 6.54. The van der Waals surface area contributed by atoms with Crippen molar-refractivity contribution in [1.82, 2.24) is 0 Å². The Morgan fingerprint density at radius 2 is 1.65 bits per heavy atom. The lowest BCUT2D eigenvalue weighted by atomic mass is 9.96. The highest BCUT2D eigenvalue weighted by molar-refractivity contribution is 8.93. The molecular formula is C17H21BrNO+. The van der Waals surface area contributed by atoms with Gasteiger partial charge in [0.05, 0.1) is 0 Å². The van der Waals surface area contributed by atoms with Crippen molar-refractivity contribution in [3.05, 3.63) is 64.5 Å². The van der Waals surface area contributed by atoms with Crippen molar-refractivity contribution in [1.29, 1.82) is 0 Å². The molecule has 0 bridgehead atoms. The van der Waals surface area contributed by atoms with E-state index in [0.717, 1.165) is 22.3 Å². The van der Waals surface area contributed by atoms with Crippen molar-refractivity contribution in [2.75, 3.05) is 0 Å². The summed E-state index contributed by atoms with van der Waals surface area (Å²) >= 11 is 0. The fraction of sp³-hybridized carbons (Fsp3) is 0.294. The number of nitrogens with zero attached hydrogens (tertiary/aromatic N) is 1. The molecule has 0 spiro atoms. The summed E-state index contributed by atoms with van der Waals surface area (Å²) in [7, 11) is 0. The summed E-state index contributed by atoms with van der Waals surface area (Å²) in [4.78, 5) is 12.5. The van der Waals surface area contributed by atoms with Gasteiger partial charge in [-0.3, -0.25) is 4.79 Å². The molecule has 0 saturated carbocycles. The highest BCUT2D eigenvalue weighted by atomic mass is 79.9. The monoisotopic (exact) mass is 334 g/mol. The van der Waals surface area contributed by atoms with Crippen LogP contribution < -0.4 is 4.57 Å². The molecule has 0 saturated heterocycles. The number of ketones is 1. The minimum atomic E-state index is 0. The van der Waals surface area contributed by atoms with E-state index in [0.29, 0.717) is 6.54 Å². The number of aromatic nitrogens is 1. The molecule has 2 rings (SSSR count). The maximum atomic E-state index is 12.5. The standard InChI is InChI=1S/C17H20NO.BrH/c1-12-6-5-7-18(10-12)11-16(19)17-14(3)8-13(2)9-15(17)4;/h5-10H,11H2,1-4H3;1H/q+1;. The average Bonchev–Trinajstić information content (AvgIpc) is 2.27. The van der Waals surface area contributed by atoms with Crippen LogP contribution in [0.2, 0.25) is 0 Å². The predicted octanol–water partition coefficient (Wildman–Crippen LogP) is 3.67. The van der Waals surface area contributed by atoms with E-state index in [1.807, 2.05) is 49.9 Å². The zero-order valence-electron chi connectivity index (χ0n) is 12.4. The number of aryl methyl sites for hydroxylation is 4. The lowest BCUT2D eigenvalue weighted by Gasteiger charge is -2.08. The normalized spacial score (nSPS) is 10.0. The summed E-state index contributed by atoms with van der Waals surface area (Å²) in [6, 6.07) is 8.14. The number of Topliss-reactive ketones (excluding diaryl/α,β-unsaturated/α-hetero) is 1. The van der Waals surface area contributed by atoms with Crippen molar-refractivity contribution < 1.29 is 9.36 Å². The van der Waals surface area contributed by atoms with Crippen LogP contribution in [0.15, 0.2) is 36.7 Å². The maximum absolute atomic E-state index is 12.5. The third-order valence-corrected chi connectivity index (χ3v) is 3.29. The summed E-state index contributed by atoms with van der Waals surface area (Å²) in [6.07, 6.45) is 3.93. The highest BCUT2D eigenvalue weighted by Gasteiger charge is 2.17. The Morgan fingerprint density at radius 3 is 2.20 bits per heavy atom. The summed E-state index contributed by atoms with van der Waals surface area (Å²) < 4.78 is 1.94. The van der Waals surface area contributed by atoms with E-state index < -0.39 is 0 Å². The number of hydrogen-bond acceptors (Lipinski definition) is 1. The van der Waals surface area contributed by atoms with E-state index >= 15 is 0 Å². The molecule has 3 heteroatoms. The molecule has 0 fully saturated rings. The first-order chi connectivity index (χ1) is 8.97. The molecule has 0 unspecified atom stereocenters. The Morgan fingerprint density at radius 1 is 1.05 bits per heavy atom. The number of pyridine rings is 1. The topological polar surface area (TPSA) is 20.9 Å². The SMILES string of the molecule is Br.Cc1cc(C)c(C(=O)C[n+]2cccc(C)c2)c(C)c1. The van der Waals surface area contributed by atoms with Crippen molar-refractivity contribution in [3.63, 3.8) is 0 Å². The van der Waals surface area contributed by atoms with E-state index in [1.54, 1.807) is 0 Å². The zero-order valence-corrected chi connectivity index (χ0v) is 14.1. The quantitative estimate of drug-likeness (QED) is 0.619. The average molecular weight is 335 g/mol. The van der Waals surface area contributed by atoms with Gasteiger partial charge in [-0.25, -0.2) is 0 Å². The largest absolute Gasteiger partial charge is 0.287 e. The maximum Gasteiger partial charge on any atom is 0.228 e. The molecule has 0 radical (unpaired) electrons. The Kier molecular flexibility index (Phi) is 5.63. The molecular weight excluding hydrogens is 314 g/mol. The Bertz CT molecular complexity index is 612. The van der Waals surface area contributed by atoms with Crippen molar-refractivity contribution >= 4 is 22.8 Å². The van der Waals surface area contributed by atoms with E-state index in [2.05, 4.69) is 19.1 Å². The molecule has 0 aliphatic carbocycles. The lowest BCUT2D eigenvalue weighted by Crippen LogP contribution is -2.37. The second-order valence-corrected chi connectivity index (χ2v) is 5.25. The summed E-state index contributed by atoms with van der Waals surface area (Å²) in [5.74, 6) is 0.172. The van der Waals surface area contributed by atoms with Gasteiger partial charge in [-0.2, -0.15) is 4.57 Å². The zero-order chi connectivity index (χ0) is 14.0. The van der Waals surface area contributed by atoms with Gasteiger partial charge in [0.1, 0.15) is 0 Å². The smallest absolute Gasteiger partial charge is 0.228 e. The van der Waals surface area contributed by atoms with Crippen LogP contribution in [0.1, 0.15) is 32.6 Å². The number of halogens is 1. The fourth-order valence-electron chi connectivity index (χ4n) is 2.62. The van der Waals surface area contributed by atoms with Crippen molar-refractivity contribution in [2.45, 2.75) is 34.2 Å². The van der Waals surface area contributed by atoms with Crippen molar-refractivity contribution in [3.8, 4) is 0 Å². The molecule has 0 amide bonds. The molecule has 2 nitrogen and oxygen atoms in total. The van der Waals surface area contributed by atoms with Gasteiger partial charge in [-0.1, -0.05) is 17.7 Å². The predicted molar refractivity (Wildman–Crippen MR) is 86.7 cm³/mol. The van der Waals surface area contributed by atoms with Crippen LogP contribution in [0.25, 0.3) is 0 Å². The third-order valence-electron chi connectivity index (χ3n) is 3.29. The number of rotatable bonds is 3. The molecule has 0 aliphatic rings. The summed E-state index contributed by atoms with van der Waals surface area (Å²) in [6.45, 7) is 8.50. The molecule has 2 aromatic rings. The van der Waals surface area contributed by atoms with E-state index in [4.69, 9.17) is 0 Å². The van der Waals surface area contributed by atoms with E-state index in [1.165, 1.54) is 5.56 Å². The fourth-order valence-corrected chi connectivity index (χ4v) is 2.62. The molecule has 20 heavy (non-hydrogen) atoms. The second kappa shape index (κ2) is 6.80. The van der Waals surface area contributed by atoms with Gasteiger partial charge in [-0.05, 0) is 44.9 Å². The van der Waals surface area contributed by atoms with Crippen LogP contribution in [0.5, 0.6) is 0 Å². The minimum Gasteiger partial charge on any atom is -0.287 e. The van der Waals surface area contributed by atoms with Gasteiger partial charge in [0, 0.05) is 17.2 Å². The molecule has 0 atom stereocenters. The molecule has 0 N–H and O–H groups in total. The Hall–Kier alpha value is -1.48. The molecule has 1 aromatic carbocycles. The molecule has 0 aliphatic heterocycles. The van der Waals surface area contributed by atoms with Gasteiger partial charge in [-0.15, -0.1) is 17.0 Å². The second-order valence-electron chi connectivity index (χ2n) is 5.25. The number of carbonyl (C=O) groups excluding carboxylic acids is 1. The number of hydrogen-bond donors (Lipinski definition) is 0. The van der Waals surface area contributed by atoms with Gasteiger partial charge in [0.25, 0.3) is 0 Å². The van der Waals surface area contributed by atoms with E-state index in [9.17, 15) is 4.79 Å². The van der Waals surface area contributed by atoms with Crippen molar-refractivity contribution in [2.24, 2.45) is 0 Å². The molecule has 1 heterocycles. The van der Waals surface area contributed by atoms with Gasteiger partial charge in [0.15, 0.2) is 12.4 Å². The van der Waals surface area contributed by atoms with Crippen LogP contribution in [0.4, 0.5) is 0 Å². The number of benzene rings is 1. The van der Waals surface area contributed by atoms with Crippen LogP contribution in [-0.2, 0) is 6.54 Å². The highest BCUT2D eigenvalue weighted by Crippen LogP contribution is 2.17. The Balaban J connectivity index is 0.00000200. The Labute approximate surface area is 131 Å². The van der Waals surface area contributed by atoms with Crippen LogP contribution >= 0.6 is 17.0 Å². The van der Waals surface area contributed by atoms with E-state index in [-0.39, 0.29) is 22.8 Å². The minimum absolute atomic E-state index is 0. The molecule has 106 valence electrons. The first-order valence-electron chi connectivity index (χ1n) is 6.54. The van der Waals surface area contributed by atoms with Gasteiger partial charge >= 0.3 is 0 Å². The number of carbonyl (C=O) groups is 1. The van der Waals surface area contributed by atoms with Crippen LogP contribution in [0.3, 0.4) is 0 Å². The molecule has 1 aromatic heterocycles. The summed E-state index contributed by atoms with van der Waals surface area (Å²) in [5, 5.41) is 0.